The van der Waals surface area contributed by atoms with Gasteiger partial charge in [-0.15, -0.1) is 5.10 Å². The molecule has 0 fully saturated rings. The number of fused-ring (bicyclic) bond motifs is 1. The lowest BCUT2D eigenvalue weighted by Gasteiger charge is -2.07. The summed E-state index contributed by atoms with van der Waals surface area (Å²) in [7, 11) is -5.44. The first kappa shape index (κ1) is 11.6. The molecule has 0 radical (unpaired) electrons. The molecule has 0 bridgehead atoms. The van der Waals surface area contributed by atoms with Crippen molar-refractivity contribution in [3.8, 4) is 0 Å². The van der Waals surface area contributed by atoms with Gasteiger partial charge >= 0.3 is 5.51 Å². The highest BCUT2D eigenvalue weighted by Gasteiger charge is 2.47. The molecule has 6 nitrogen and oxygen atoms in total. The molecule has 0 aliphatic heterocycles. The molecule has 0 aliphatic carbocycles. The first-order valence-electron chi connectivity index (χ1n) is 4.09. The second-order valence-electron chi connectivity index (χ2n) is 3.08. The van der Waals surface area contributed by atoms with Crippen LogP contribution in [0.25, 0.3) is 11.0 Å². The number of alkyl halides is 3. The Morgan fingerprint density at radius 1 is 1.29 bits per heavy atom. The summed E-state index contributed by atoms with van der Waals surface area (Å²) < 4.78 is 58.9. The zero-order valence-corrected chi connectivity index (χ0v) is 8.70. The maximum atomic E-state index is 12.3. The summed E-state index contributed by atoms with van der Waals surface area (Å²) in [5, 5.41) is 15.6. The van der Waals surface area contributed by atoms with E-state index in [1.165, 1.54) is 0 Å². The van der Waals surface area contributed by atoms with Crippen LogP contribution in [0.2, 0.25) is 0 Å². The van der Waals surface area contributed by atoms with Crippen molar-refractivity contribution in [2.24, 2.45) is 0 Å². The van der Waals surface area contributed by atoms with Crippen molar-refractivity contribution in [1.29, 1.82) is 0 Å². The smallest absolute Gasteiger partial charge is 0.410 e. The van der Waals surface area contributed by atoms with Crippen molar-refractivity contribution in [1.82, 2.24) is 15.2 Å². The lowest BCUT2D eigenvalue weighted by molar-refractivity contribution is -0.0436. The number of benzene rings is 1. The Kier molecular flexibility index (Phi) is 2.28. The molecule has 0 spiro atoms. The molecule has 0 saturated heterocycles. The van der Waals surface area contributed by atoms with Gasteiger partial charge in [-0.1, -0.05) is 4.85 Å². The van der Waals surface area contributed by atoms with E-state index in [0.717, 1.165) is 12.1 Å². The molecular weight excluding hydrogens is 263 g/mol. The van der Waals surface area contributed by atoms with Gasteiger partial charge in [0.25, 0.3) is 9.84 Å². The van der Waals surface area contributed by atoms with E-state index >= 15 is 0 Å². The van der Waals surface area contributed by atoms with Gasteiger partial charge in [-0.05, 0) is 23.4 Å². The van der Waals surface area contributed by atoms with Crippen LogP contribution in [0, 0.1) is 0 Å². The fourth-order valence-electron chi connectivity index (χ4n) is 1.19. The minimum absolute atomic E-state index is 0.0774. The third kappa shape index (κ3) is 1.69. The summed E-state index contributed by atoms with van der Waals surface area (Å²) in [4.78, 5) is -0.778. The maximum absolute atomic E-state index is 12.3. The molecular formula is C7H4F3N3O3S. The number of halogens is 3. The van der Waals surface area contributed by atoms with Crippen LogP contribution in [-0.4, -0.2) is 34.3 Å². The van der Waals surface area contributed by atoms with Gasteiger partial charge < -0.3 is 5.21 Å². The molecule has 10 heteroatoms. The standard InChI is InChI=1S/C7H4F3N3O3S/c8-7(9,10)17(15,16)4-1-2-5-6(3-4)13(14)12-11-5/h1-3,14H. The Bertz CT molecular complexity index is 676. The van der Waals surface area contributed by atoms with E-state index in [4.69, 9.17) is 5.21 Å². The topological polar surface area (TPSA) is 85.1 Å². The second kappa shape index (κ2) is 3.32. The quantitative estimate of drug-likeness (QED) is 0.778. The van der Waals surface area contributed by atoms with Gasteiger partial charge in [0.05, 0.1) is 4.90 Å². The zero-order valence-electron chi connectivity index (χ0n) is 7.88. The number of rotatable bonds is 1. The summed E-state index contributed by atoms with van der Waals surface area (Å²) in [5.74, 6) is 0. The summed E-state index contributed by atoms with van der Waals surface area (Å²) in [6.07, 6.45) is 0. The third-order valence-electron chi connectivity index (χ3n) is 2.01. The van der Waals surface area contributed by atoms with Crippen molar-refractivity contribution < 1.29 is 26.8 Å². The first-order valence-corrected chi connectivity index (χ1v) is 5.58. The number of aromatic nitrogens is 3. The number of sulfone groups is 1. The summed E-state index contributed by atoms with van der Waals surface area (Å²) in [6.45, 7) is 0. The predicted molar refractivity (Wildman–Crippen MR) is 48.0 cm³/mol. The van der Waals surface area contributed by atoms with Crippen LogP contribution in [0.4, 0.5) is 13.2 Å². The maximum Gasteiger partial charge on any atom is 0.501 e. The number of hydrogen-bond acceptors (Lipinski definition) is 5. The molecule has 0 aliphatic rings. The second-order valence-corrected chi connectivity index (χ2v) is 5.02. The molecule has 0 amide bonds. The Balaban J connectivity index is 2.69. The third-order valence-corrected chi connectivity index (χ3v) is 3.50. The lowest BCUT2D eigenvalue weighted by atomic mass is 10.3. The Hall–Kier alpha value is -1.84. The summed E-state index contributed by atoms with van der Waals surface area (Å²) in [5.41, 5.74) is -5.54. The van der Waals surface area contributed by atoms with E-state index in [9.17, 15) is 21.6 Å². The van der Waals surface area contributed by atoms with Gasteiger partial charge in [-0.2, -0.15) is 13.2 Å². The van der Waals surface area contributed by atoms with Crippen LogP contribution in [0.5, 0.6) is 0 Å². The minimum Gasteiger partial charge on any atom is -0.410 e. The van der Waals surface area contributed by atoms with Gasteiger partial charge in [0, 0.05) is 0 Å². The molecule has 0 saturated carbocycles. The van der Waals surface area contributed by atoms with Crippen LogP contribution in [0.1, 0.15) is 0 Å². The SMILES string of the molecule is O=S(=O)(c1ccc2nnn(O)c2c1)C(F)(F)F. The molecule has 2 rings (SSSR count). The van der Waals surface area contributed by atoms with Crippen molar-refractivity contribution in [3.63, 3.8) is 0 Å². The highest BCUT2D eigenvalue weighted by molar-refractivity contribution is 7.92. The zero-order chi connectivity index (χ0) is 12.8. The minimum atomic E-state index is -5.44. The normalized spacial score (nSPS) is 13.1. The van der Waals surface area contributed by atoms with Crippen molar-refractivity contribution >= 4 is 20.9 Å². The average Bonchev–Trinajstić information content (AvgIpc) is 2.58. The summed E-state index contributed by atoms with van der Waals surface area (Å²) >= 11 is 0. The number of nitrogens with zero attached hydrogens (tertiary/aromatic N) is 3. The highest BCUT2D eigenvalue weighted by atomic mass is 32.2. The van der Waals surface area contributed by atoms with E-state index in [1.54, 1.807) is 0 Å². The average molecular weight is 267 g/mol. The first-order chi connectivity index (χ1) is 7.73. The molecule has 17 heavy (non-hydrogen) atoms. The van der Waals surface area contributed by atoms with Gasteiger partial charge in [0.1, 0.15) is 11.0 Å². The van der Waals surface area contributed by atoms with Crippen LogP contribution in [0.15, 0.2) is 23.1 Å². The predicted octanol–water partition coefficient (Wildman–Crippen LogP) is 0.962. The van der Waals surface area contributed by atoms with E-state index in [2.05, 4.69) is 10.3 Å². The van der Waals surface area contributed by atoms with Crippen LogP contribution in [0.3, 0.4) is 0 Å². The van der Waals surface area contributed by atoms with Crippen molar-refractivity contribution in [2.75, 3.05) is 0 Å². The van der Waals surface area contributed by atoms with Gasteiger partial charge in [-0.3, -0.25) is 0 Å². The molecule has 1 aromatic carbocycles. The fourth-order valence-corrected chi connectivity index (χ4v) is 1.97. The molecule has 1 heterocycles. The van der Waals surface area contributed by atoms with Gasteiger partial charge in [-0.25, -0.2) is 8.42 Å². The number of hydrogen-bond donors (Lipinski definition) is 1. The molecule has 92 valence electrons. The lowest BCUT2D eigenvalue weighted by Crippen LogP contribution is -2.23. The molecule has 2 aromatic rings. The van der Waals surface area contributed by atoms with Gasteiger partial charge in [0.2, 0.25) is 0 Å². The van der Waals surface area contributed by atoms with Crippen molar-refractivity contribution in [2.45, 2.75) is 10.4 Å². The fraction of sp³-hybridized carbons (Fsp3) is 0.143. The Labute approximate surface area is 92.1 Å². The van der Waals surface area contributed by atoms with Gasteiger partial charge in [0.15, 0.2) is 0 Å². The van der Waals surface area contributed by atoms with Crippen molar-refractivity contribution in [3.05, 3.63) is 18.2 Å². The monoisotopic (exact) mass is 267 g/mol. The van der Waals surface area contributed by atoms with E-state index in [-0.39, 0.29) is 15.9 Å². The molecule has 0 unspecified atom stereocenters. The van der Waals surface area contributed by atoms with E-state index in [0.29, 0.717) is 6.07 Å². The Morgan fingerprint density at radius 2 is 1.94 bits per heavy atom. The van der Waals surface area contributed by atoms with Crippen LogP contribution >= 0.6 is 0 Å². The van der Waals surface area contributed by atoms with E-state index in [1.807, 2.05) is 0 Å². The van der Waals surface area contributed by atoms with E-state index < -0.39 is 20.2 Å². The Morgan fingerprint density at radius 3 is 2.53 bits per heavy atom. The molecule has 1 N–H and O–H groups in total. The summed E-state index contributed by atoms with van der Waals surface area (Å²) in [6, 6.07) is 2.42. The molecule has 0 atom stereocenters. The largest absolute Gasteiger partial charge is 0.501 e. The van der Waals surface area contributed by atoms with Crippen LogP contribution in [-0.2, 0) is 9.84 Å². The van der Waals surface area contributed by atoms with Crippen LogP contribution < -0.4 is 0 Å². The highest BCUT2D eigenvalue weighted by Crippen LogP contribution is 2.31. The molecule has 1 aromatic heterocycles.